The van der Waals surface area contributed by atoms with Crippen molar-refractivity contribution in [2.45, 2.75) is 18.5 Å². The summed E-state index contributed by atoms with van der Waals surface area (Å²) in [7, 11) is 0. The van der Waals surface area contributed by atoms with Crippen molar-refractivity contribution in [1.82, 2.24) is 0 Å². The zero-order valence-electron chi connectivity index (χ0n) is 10.6. The molecule has 0 heterocycles. The Balaban J connectivity index is 1.87. The van der Waals surface area contributed by atoms with E-state index in [0.29, 0.717) is 0 Å². The van der Waals surface area contributed by atoms with Gasteiger partial charge in [0.1, 0.15) is 0 Å². The minimum Gasteiger partial charge on any atom is -0.378 e. The Hall–Kier alpha value is -2.24. The van der Waals surface area contributed by atoms with Crippen molar-refractivity contribution in [3.63, 3.8) is 0 Å². The van der Waals surface area contributed by atoms with Crippen molar-refractivity contribution < 1.29 is 0 Å². The topological polar surface area (TPSA) is 38.0 Å². The molecule has 2 atom stereocenters. The molecule has 19 heavy (non-hydrogen) atoms. The number of fused-ring (bicyclic) bond motifs is 1. The molecule has 0 aliphatic heterocycles. The maximum atomic E-state index is 6.17. The van der Waals surface area contributed by atoms with E-state index in [9.17, 15) is 0 Å². The fourth-order valence-electron chi connectivity index (χ4n) is 2.71. The van der Waals surface area contributed by atoms with Crippen LogP contribution in [0, 0.1) is 12.3 Å². The Bertz CT molecular complexity index is 640. The van der Waals surface area contributed by atoms with E-state index in [-0.39, 0.29) is 12.1 Å². The van der Waals surface area contributed by atoms with E-state index in [2.05, 4.69) is 29.4 Å². The summed E-state index contributed by atoms with van der Waals surface area (Å²) in [6.45, 7) is 0. The Labute approximate surface area is 113 Å². The van der Waals surface area contributed by atoms with Crippen LogP contribution in [0.15, 0.2) is 48.5 Å². The van der Waals surface area contributed by atoms with Crippen LogP contribution in [0.3, 0.4) is 0 Å². The molecule has 0 radical (unpaired) electrons. The average Bonchev–Trinajstić information content (AvgIpc) is 2.76. The normalized spacial score (nSPS) is 20.6. The molecule has 0 amide bonds. The summed E-state index contributed by atoms with van der Waals surface area (Å²) < 4.78 is 0. The lowest BCUT2D eigenvalue weighted by Gasteiger charge is -2.15. The number of hydrogen-bond donors (Lipinski definition) is 2. The molecular formula is C17H16N2. The van der Waals surface area contributed by atoms with Gasteiger partial charge in [-0.25, -0.2) is 0 Å². The Morgan fingerprint density at radius 1 is 1.11 bits per heavy atom. The average molecular weight is 248 g/mol. The SMILES string of the molecule is C#Cc1cccc(NC2CC(N)c3ccccc32)c1. The highest BCUT2D eigenvalue weighted by atomic mass is 14.9. The minimum atomic E-state index is 0.115. The number of anilines is 1. The van der Waals surface area contributed by atoms with Crippen LogP contribution in [0.4, 0.5) is 5.69 Å². The molecule has 3 rings (SSSR count). The number of nitrogens with one attached hydrogen (secondary N) is 1. The lowest BCUT2D eigenvalue weighted by Crippen LogP contribution is -2.10. The summed E-state index contributed by atoms with van der Waals surface area (Å²) in [6.07, 6.45) is 6.34. The highest BCUT2D eigenvalue weighted by Gasteiger charge is 2.27. The highest BCUT2D eigenvalue weighted by molar-refractivity contribution is 5.53. The second-order valence-corrected chi connectivity index (χ2v) is 4.89. The van der Waals surface area contributed by atoms with Crippen molar-refractivity contribution in [2.24, 2.45) is 5.73 Å². The summed E-state index contributed by atoms with van der Waals surface area (Å²) in [5, 5.41) is 3.53. The largest absolute Gasteiger partial charge is 0.378 e. The van der Waals surface area contributed by atoms with E-state index in [4.69, 9.17) is 12.2 Å². The van der Waals surface area contributed by atoms with Gasteiger partial charge in [0.15, 0.2) is 0 Å². The van der Waals surface area contributed by atoms with Crippen molar-refractivity contribution in [2.75, 3.05) is 5.32 Å². The van der Waals surface area contributed by atoms with Crippen molar-refractivity contribution in [3.05, 3.63) is 65.2 Å². The first-order valence-corrected chi connectivity index (χ1v) is 6.45. The van der Waals surface area contributed by atoms with Crippen LogP contribution in [0.5, 0.6) is 0 Å². The van der Waals surface area contributed by atoms with Crippen LogP contribution in [0.2, 0.25) is 0 Å². The van der Waals surface area contributed by atoms with Crippen LogP contribution >= 0.6 is 0 Å². The van der Waals surface area contributed by atoms with Gasteiger partial charge in [-0.05, 0) is 35.7 Å². The number of rotatable bonds is 2. The Morgan fingerprint density at radius 3 is 2.68 bits per heavy atom. The van der Waals surface area contributed by atoms with Gasteiger partial charge in [0, 0.05) is 17.3 Å². The summed E-state index contributed by atoms with van der Waals surface area (Å²) in [4.78, 5) is 0. The predicted molar refractivity (Wildman–Crippen MR) is 78.7 cm³/mol. The molecule has 0 saturated heterocycles. The van der Waals surface area contributed by atoms with Gasteiger partial charge >= 0.3 is 0 Å². The van der Waals surface area contributed by atoms with Crippen LogP contribution in [0.1, 0.15) is 35.2 Å². The number of terminal acetylenes is 1. The van der Waals surface area contributed by atoms with E-state index in [0.717, 1.165) is 17.7 Å². The van der Waals surface area contributed by atoms with Gasteiger partial charge in [-0.3, -0.25) is 0 Å². The fraction of sp³-hybridized carbons (Fsp3) is 0.176. The molecule has 1 aliphatic carbocycles. The third kappa shape index (κ3) is 2.21. The molecule has 2 aromatic rings. The second kappa shape index (κ2) is 4.79. The Morgan fingerprint density at radius 2 is 1.89 bits per heavy atom. The molecule has 0 spiro atoms. The van der Waals surface area contributed by atoms with Crippen LogP contribution < -0.4 is 11.1 Å². The molecule has 0 aromatic heterocycles. The summed E-state index contributed by atoms with van der Waals surface area (Å²) in [5.74, 6) is 2.66. The van der Waals surface area contributed by atoms with Gasteiger partial charge in [0.25, 0.3) is 0 Å². The van der Waals surface area contributed by atoms with E-state index in [1.807, 2.05) is 30.3 Å². The Kier molecular flexibility index (Phi) is 2.98. The standard InChI is InChI=1S/C17H16N2/c1-2-12-6-5-7-13(10-12)19-17-11-16(18)14-8-3-4-9-15(14)17/h1,3-10,16-17,19H,11,18H2. The maximum Gasteiger partial charge on any atom is 0.0535 e. The predicted octanol–water partition coefficient (Wildman–Crippen LogP) is 3.22. The lowest BCUT2D eigenvalue weighted by atomic mass is 10.1. The van der Waals surface area contributed by atoms with Crippen LogP contribution in [0.25, 0.3) is 0 Å². The quantitative estimate of drug-likeness (QED) is 0.801. The molecule has 0 bridgehead atoms. The molecule has 0 saturated carbocycles. The summed E-state index contributed by atoms with van der Waals surface area (Å²) >= 11 is 0. The van der Waals surface area contributed by atoms with E-state index in [1.54, 1.807) is 0 Å². The molecule has 0 fully saturated rings. The monoisotopic (exact) mass is 248 g/mol. The molecule has 1 aliphatic rings. The van der Waals surface area contributed by atoms with Gasteiger partial charge in [0.05, 0.1) is 6.04 Å². The van der Waals surface area contributed by atoms with Crippen molar-refractivity contribution in [1.29, 1.82) is 0 Å². The molecular weight excluding hydrogens is 232 g/mol. The molecule has 94 valence electrons. The molecule has 2 unspecified atom stereocenters. The summed E-state index contributed by atoms with van der Waals surface area (Å²) in [6, 6.07) is 16.7. The fourth-order valence-corrected chi connectivity index (χ4v) is 2.71. The number of nitrogens with two attached hydrogens (primary N) is 1. The van der Waals surface area contributed by atoms with Gasteiger partial charge < -0.3 is 11.1 Å². The molecule has 3 N–H and O–H groups in total. The third-order valence-electron chi connectivity index (χ3n) is 3.63. The van der Waals surface area contributed by atoms with Gasteiger partial charge in [-0.2, -0.15) is 0 Å². The van der Waals surface area contributed by atoms with E-state index >= 15 is 0 Å². The van der Waals surface area contributed by atoms with Gasteiger partial charge in [0.2, 0.25) is 0 Å². The minimum absolute atomic E-state index is 0.115. The van der Waals surface area contributed by atoms with Gasteiger partial charge in [-0.1, -0.05) is 36.3 Å². The zero-order valence-corrected chi connectivity index (χ0v) is 10.6. The maximum absolute atomic E-state index is 6.17. The molecule has 2 aromatic carbocycles. The summed E-state index contributed by atoms with van der Waals surface area (Å²) in [5.41, 5.74) is 10.6. The van der Waals surface area contributed by atoms with E-state index < -0.39 is 0 Å². The first-order valence-electron chi connectivity index (χ1n) is 6.45. The van der Waals surface area contributed by atoms with Gasteiger partial charge in [-0.15, -0.1) is 6.42 Å². The lowest BCUT2D eigenvalue weighted by molar-refractivity contribution is 0.648. The van der Waals surface area contributed by atoms with Crippen LogP contribution in [-0.2, 0) is 0 Å². The molecule has 2 nitrogen and oxygen atoms in total. The first-order chi connectivity index (χ1) is 9.28. The van der Waals surface area contributed by atoms with Crippen molar-refractivity contribution >= 4 is 5.69 Å². The van der Waals surface area contributed by atoms with Crippen molar-refractivity contribution in [3.8, 4) is 12.3 Å². The smallest absolute Gasteiger partial charge is 0.0535 e. The molecule has 2 heteroatoms. The highest BCUT2D eigenvalue weighted by Crippen LogP contribution is 2.39. The number of benzene rings is 2. The zero-order chi connectivity index (χ0) is 13.2. The third-order valence-corrected chi connectivity index (χ3v) is 3.63. The van der Waals surface area contributed by atoms with E-state index in [1.165, 1.54) is 11.1 Å². The van der Waals surface area contributed by atoms with Crippen LogP contribution in [-0.4, -0.2) is 0 Å². The number of hydrogen-bond acceptors (Lipinski definition) is 2. The second-order valence-electron chi connectivity index (χ2n) is 4.89. The first kappa shape index (κ1) is 11.8.